The molecule has 1 aliphatic rings. The molecule has 2 N–H and O–H groups in total. The first-order valence-corrected chi connectivity index (χ1v) is 7.29. The Morgan fingerprint density at radius 2 is 2.15 bits per heavy atom. The van der Waals surface area contributed by atoms with Gasteiger partial charge in [-0.3, -0.25) is 9.78 Å². The molecule has 110 valence electrons. The molecule has 0 aliphatic heterocycles. The molecule has 1 aliphatic carbocycles. The molecule has 5 nitrogen and oxygen atoms in total. The lowest BCUT2D eigenvalue weighted by molar-refractivity contribution is 0.0273. The number of hydrogen-bond donors (Lipinski definition) is 2. The zero-order valence-electron chi connectivity index (χ0n) is 11.7. The molecule has 1 aromatic heterocycles. The highest BCUT2D eigenvalue weighted by atomic mass is 16.5. The first-order chi connectivity index (χ1) is 9.75. The first-order valence-electron chi connectivity index (χ1n) is 7.29. The second kappa shape index (κ2) is 7.85. The van der Waals surface area contributed by atoms with Gasteiger partial charge in [0.2, 0.25) is 0 Å². The first kappa shape index (κ1) is 14.8. The predicted octanol–water partition coefficient (Wildman–Crippen LogP) is 2.26. The quantitative estimate of drug-likeness (QED) is 0.783. The Morgan fingerprint density at radius 1 is 1.35 bits per heavy atom. The van der Waals surface area contributed by atoms with Gasteiger partial charge in [0, 0.05) is 19.3 Å². The van der Waals surface area contributed by atoms with E-state index in [0.29, 0.717) is 24.8 Å². The average molecular weight is 278 g/mol. The van der Waals surface area contributed by atoms with Crippen molar-refractivity contribution in [1.29, 1.82) is 0 Å². The summed E-state index contributed by atoms with van der Waals surface area (Å²) in [5.74, 6) is -0.218. The molecular weight excluding hydrogens is 256 g/mol. The Bertz CT molecular complexity index is 431. The van der Waals surface area contributed by atoms with Crippen molar-refractivity contribution < 1.29 is 14.6 Å². The summed E-state index contributed by atoms with van der Waals surface area (Å²) in [6, 6.07) is 1.40. The minimum absolute atomic E-state index is 0.00159. The van der Waals surface area contributed by atoms with Crippen LogP contribution in [0.15, 0.2) is 18.5 Å². The Hall–Kier alpha value is -1.62. The van der Waals surface area contributed by atoms with Crippen molar-refractivity contribution in [2.24, 2.45) is 0 Å². The second-order valence-electron chi connectivity index (χ2n) is 5.17. The standard InChI is InChI=1S/C15H22N2O3/c18-13-9-12(10-16-11-13)15(19)17-7-4-8-20-14-5-2-1-3-6-14/h9-11,14,18H,1-8H2,(H,17,19). The summed E-state index contributed by atoms with van der Waals surface area (Å²) in [4.78, 5) is 15.5. The van der Waals surface area contributed by atoms with Crippen LogP contribution in [0.1, 0.15) is 48.9 Å². The Balaban J connectivity index is 1.59. The van der Waals surface area contributed by atoms with Gasteiger partial charge in [-0.1, -0.05) is 19.3 Å². The van der Waals surface area contributed by atoms with E-state index in [9.17, 15) is 9.90 Å². The summed E-state index contributed by atoms with van der Waals surface area (Å²) in [6.07, 6.45) is 10.2. The number of pyridine rings is 1. The van der Waals surface area contributed by atoms with E-state index in [2.05, 4.69) is 10.3 Å². The van der Waals surface area contributed by atoms with Gasteiger partial charge in [-0.05, 0) is 25.3 Å². The Kier molecular flexibility index (Phi) is 5.80. The lowest BCUT2D eigenvalue weighted by Crippen LogP contribution is -2.26. The van der Waals surface area contributed by atoms with Gasteiger partial charge in [-0.25, -0.2) is 0 Å². The maximum atomic E-state index is 11.8. The topological polar surface area (TPSA) is 71.5 Å². The van der Waals surface area contributed by atoms with Gasteiger partial charge in [-0.2, -0.15) is 0 Å². The molecule has 1 fully saturated rings. The number of amides is 1. The number of ether oxygens (including phenoxy) is 1. The summed E-state index contributed by atoms with van der Waals surface area (Å²) < 4.78 is 5.79. The monoisotopic (exact) mass is 278 g/mol. The number of aromatic hydroxyl groups is 1. The normalized spacial score (nSPS) is 16.0. The van der Waals surface area contributed by atoms with E-state index in [1.54, 1.807) is 0 Å². The van der Waals surface area contributed by atoms with E-state index in [-0.39, 0.29) is 11.7 Å². The van der Waals surface area contributed by atoms with Crippen molar-refractivity contribution >= 4 is 5.91 Å². The minimum Gasteiger partial charge on any atom is -0.506 e. The molecule has 0 aromatic carbocycles. The summed E-state index contributed by atoms with van der Waals surface area (Å²) in [7, 11) is 0. The van der Waals surface area contributed by atoms with Crippen LogP contribution in [0.4, 0.5) is 0 Å². The zero-order chi connectivity index (χ0) is 14.2. The van der Waals surface area contributed by atoms with Gasteiger partial charge in [0.25, 0.3) is 5.91 Å². The fourth-order valence-corrected chi connectivity index (χ4v) is 2.41. The van der Waals surface area contributed by atoms with Gasteiger partial charge in [-0.15, -0.1) is 0 Å². The molecule has 1 saturated carbocycles. The molecule has 5 heteroatoms. The third-order valence-corrected chi connectivity index (χ3v) is 3.50. The molecule has 1 amide bonds. The number of carbonyl (C=O) groups is 1. The highest BCUT2D eigenvalue weighted by molar-refractivity contribution is 5.94. The zero-order valence-corrected chi connectivity index (χ0v) is 11.7. The fraction of sp³-hybridized carbons (Fsp3) is 0.600. The number of hydrogen-bond acceptors (Lipinski definition) is 4. The molecule has 2 rings (SSSR count). The van der Waals surface area contributed by atoms with E-state index in [1.807, 2.05) is 0 Å². The summed E-state index contributed by atoms with van der Waals surface area (Å²) in [5.41, 5.74) is 0.373. The largest absolute Gasteiger partial charge is 0.506 e. The number of nitrogens with zero attached hydrogens (tertiary/aromatic N) is 1. The van der Waals surface area contributed by atoms with Gasteiger partial charge in [0.15, 0.2) is 0 Å². The van der Waals surface area contributed by atoms with Crippen LogP contribution in [0.5, 0.6) is 5.75 Å². The fourth-order valence-electron chi connectivity index (χ4n) is 2.41. The van der Waals surface area contributed by atoms with Gasteiger partial charge >= 0.3 is 0 Å². The molecule has 0 atom stereocenters. The van der Waals surface area contributed by atoms with Crippen molar-refractivity contribution in [1.82, 2.24) is 10.3 Å². The molecular formula is C15H22N2O3. The molecule has 1 heterocycles. The molecule has 0 bridgehead atoms. The van der Waals surface area contributed by atoms with Crippen LogP contribution in [0.25, 0.3) is 0 Å². The molecule has 0 saturated heterocycles. The van der Waals surface area contributed by atoms with Crippen LogP contribution in [0.2, 0.25) is 0 Å². The molecule has 20 heavy (non-hydrogen) atoms. The van der Waals surface area contributed by atoms with Crippen LogP contribution in [-0.4, -0.2) is 35.3 Å². The summed E-state index contributed by atoms with van der Waals surface area (Å²) in [5, 5.41) is 12.0. The van der Waals surface area contributed by atoms with E-state index < -0.39 is 0 Å². The Morgan fingerprint density at radius 3 is 2.90 bits per heavy atom. The van der Waals surface area contributed by atoms with E-state index >= 15 is 0 Å². The predicted molar refractivity (Wildman–Crippen MR) is 75.7 cm³/mol. The highest BCUT2D eigenvalue weighted by Gasteiger charge is 2.13. The SMILES string of the molecule is O=C(NCCCOC1CCCCC1)c1cncc(O)c1. The molecule has 0 unspecified atom stereocenters. The lowest BCUT2D eigenvalue weighted by Gasteiger charge is -2.21. The summed E-state index contributed by atoms with van der Waals surface area (Å²) in [6.45, 7) is 1.25. The second-order valence-corrected chi connectivity index (χ2v) is 5.17. The van der Waals surface area contributed by atoms with Crippen LogP contribution in [0.3, 0.4) is 0 Å². The van der Waals surface area contributed by atoms with Crippen molar-refractivity contribution in [3.8, 4) is 5.75 Å². The number of nitrogens with one attached hydrogen (secondary N) is 1. The van der Waals surface area contributed by atoms with Crippen LogP contribution < -0.4 is 5.32 Å². The maximum absolute atomic E-state index is 11.8. The van der Waals surface area contributed by atoms with Crippen LogP contribution >= 0.6 is 0 Å². The summed E-state index contributed by atoms with van der Waals surface area (Å²) >= 11 is 0. The average Bonchev–Trinajstić information content (AvgIpc) is 2.48. The van der Waals surface area contributed by atoms with Gasteiger partial charge < -0.3 is 15.2 Å². The van der Waals surface area contributed by atoms with E-state index in [0.717, 1.165) is 6.42 Å². The number of aromatic nitrogens is 1. The van der Waals surface area contributed by atoms with Gasteiger partial charge in [0.1, 0.15) is 5.75 Å². The smallest absolute Gasteiger partial charge is 0.252 e. The third-order valence-electron chi connectivity index (χ3n) is 3.50. The minimum atomic E-state index is -0.217. The highest BCUT2D eigenvalue weighted by Crippen LogP contribution is 2.20. The molecule has 0 spiro atoms. The van der Waals surface area contributed by atoms with E-state index in [1.165, 1.54) is 50.6 Å². The van der Waals surface area contributed by atoms with Crippen LogP contribution in [0, 0.1) is 0 Å². The Labute approximate surface area is 119 Å². The lowest BCUT2D eigenvalue weighted by atomic mass is 9.98. The third kappa shape index (κ3) is 4.81. The van der Waals surface area contributed by atoms with Crippen molar-refractivity contribution in [2.75, 3.05) is 13.2 Å². The van der Waals surface area contributed by atoms with Crippen molar-refractivity contribution in [3.63, 3.8) is 0 Å². The number of carbonyl (C=O) groups excluding carboxylic acids is 1. The van der Waals surface area contributed by atoms with Crippen molar-refractivity contribution in [2.45, 2.75) is 44.6 Å². The number of rotatable bonds is 6. The maximum Gasteiger partial charge on any atom is 0.252 e. The molecule has 1 aromatic rings. The van der Waals surface area contributed by atoms with Crippen LogP contribution in [-0.2, 0) is 4.74 Å². The molecule has 0 radical (unpaired) electrons. The van der Waals surface area contributed by atoms with E-state index in [4.69, 9.17) is 4.74 Å². The van der Waals surface area contributed by atoms with Crippen molar-refractivity contribution in [3.05, 3.63) is 24.0 Å². The van der Waals surface area contributed by atoms with Gasteiger partial charge in [0.05, 0.1) is 17.9 Å².